The van der Waals surface area contributed by atoms with Crippen molar-refractivity contribution >= 4 is 63.3 Å². The van der Waals surface area contributed by atoms with E-state index in [1.54, 1.807) is 0 Å². The summed E-state index contributed by atoms with van der Waals surface area (Å²) in [6.45, 7) is 0. The molecule has 2 aliphatic rings. The fraction of sp³-hybridized carbons (Fsp3) is 0.250. The first kappa shape index (κ1) is 17.5. The minimum Gasteiger partial charge on any atom is -0.477 e. The van der Waals surface area contributed by atoms with Gasteiger partial charge in [-0.05, 0) is 6.08 Å². The zero-order valence-electron chi connectivity index (χ0n) is 12.2. The van der Waals surface area contributed by atoms with Crippen LogP contribution in [0.2, 0.25) is 4.34 Å². The number of carbonyl (C=O) groups is 3. The van der Waals surface area contributed by atoms with Gasteiger partial charge in [0.15, 0.2) is 10.8 Å². The summed E-state index contributed by atoms with van der Waals surface area (Å²) in [7, 11) is 0. The maximum absolute atomic E-state index is 12.3. The second kappa shape index (κ2) is 6.54. The van der Waals surface area contributed by atoms with E-state index in [-0.39, 0.29) is 20.9 Å². The zero-order chi connectivity index (χ0) is 18.3. The summed E-state index contributed by atoms with van der Waals surface area (Å²) < 4.78 is 0.0603. The van der Waals surface area contributed by atoms with Crippen LogP contribution in [0.25, 0.3) is 0 Å². The highest BCUT2D eigenvalue weighted by molar-refractivity contribution is 8.00. The van der Waals surface area contributed by atoms with Gasteiger partial charge in [-0.15, -0.1) is 11.8 Å². The highest BCUT2D eigenvalue weighted by atomic mass is 35.5. The topological polar surface area (TPSA) is 158 Å². The number of nitrogens with one attached hydrogen (secondary N) is 1. The number of carboxylic acid groups (broad SMARTS) is 1. The lowest BCUT2D eigenvalue weighted by Gasteiger charge is -2.48. The van der Waals surface area contributed by atoms with Gasteiger partial charge in [0.05, 0.1) is 0 Å². The predicted molar refractivity (Wildman–Crippen MR) is 90.6 cm³/mol. The first-order valence-electron chi connectivity index (χ1n) is 6.68. The van der Waals surface area contributed by atoms with Crippen LogP contribution in [0.4, 0.5) is 5.13 Å². The van der Waals surface area contributed by atoms with Crippen LogP contribution in [0.5, 0.6) is 0 Å². The number of carboxylic acids is 1. The number of nitrogens with zero attached hydrogens (tertiary/aromatic N) is 3. The molecule has 1 saturated heterocycles. The molecule has 5 N–H and O–H groups in total. The number of thioether (sulfide) groups is 1. The first-order chi connectivity index (χ1) is 11.8. The molecule has 132 valence electrons. The molecule has 3 rings (SSSR count). The molecule has 2 amide bonds. The Hall–Kier alpha value is -2.31. The second-order valence-electron chi connectivity index (χ2n) is 4.90. The molecular formula is C12H10ClN5O5S2. The van der Waals surface area contributed by atoms with Gasteiger partial charge in [0.2, 0.25) is 0 Å². The third-order valence-corrected chi connectivity index (χ3v) is 5.76. The summed E-state index contributed by atoms with van der Waals surface area (Å²) in [6, 6.07) is -0.952. The largest absolute Gasteiger partial charge is 0.477 e. The molecule has 0 aromatic carbocycles. The van der Waals surface area contributed by atoms with Crippen LogP contribution in [0.1, 0.15) is 5.69 Å². The molecule has 0 radical (unpaired) electrons. The molecule has 1 aromatic heterocycles. The van der Waals surface area contributed by atoms with Crippen LogP contribution in [0, 0.1) is 0 Å². The number of hydrogen-bond acceptors (Lipinski definition) is 9. The minimum atomic E-state index is -1.22. The van der Waals surface area contributed by atoms with Crippen molar-refractivity contribution in [3.63, 3.8) is 0 Å². The number of aromatic nitrogens is 1. The van der Waals surface area contributed by atoms with E-state index in [0.29, 0.717) is 5.75 Å². The predicted octanol–water partition coefficient (Wildman–Crippen LogP) is -0.0746. The maximum Gasteiger partial charge on any atom is 0.352 e. The van der Waals surface area contributed by atoms with Crippen LogP contribution in [-0.4, -0.2) is 60.9 Å². The van der Waals surface area contributed by atoms with Crippen molar-refractivity contribution in [3.05, 3.63) is 21.8 Å². The number of anilines is 1. The van der Waals surface area contributed by atoms with E-state index in [1.807, 2.05) is 0 Å². The maximum atomic E-state index is 12.3. The van der Waals surface area contributed by atoms with Crippen LogP contribution in [0.3, 0.4) is 0 Å². The van der Waals surface area contributed by atoms with Crippen molar-refractivity contribution in [1.82, 2.24) is 15.2 Å². The van der Waals surface area contributed by atoms with E-state index in [4.69, 9.17) is 27.6 Å². The van der Waals surface area contributed by atoms with Gasteiger partial charge < -0.3 is 21.4 Å². The van der Waals surface area contributed by atoms with Crippen molar-refractivity contribution in [2.45, 2.75) is 11.4 Å². The number of rotatable bonds is 4. The van der Waals surface area contributed by atoms with E-state index in [9.17, 15) is 14.4 Å². The molecule has 0 unspecified atom stereocenters. The lowest BCUT2D eigenvalue weighted by molar-refractivity contribution is -0.150. The van der Waals surface area contributed by atoms with Gasteiger partial charge in [0.1, 0.15) is 27.1 Å². The van der Waals surface area contributed by atoms with E-state index in [0.717, 1.165) is 16.2 Å². The molecule has 2 aliphatic heterocycles. The Balaban J connectivity index is 1.76. The van der Waals surface area contributed by atoms with Gasteiger partial charge in [0, 0.05) is 5.75 Å². The molecule has 3 heterocycles. The standard InChI is InChI=1S/C12H10ClN5O5S2/c13-7-4(16-12(14)25-7)5(17-23)8(19)15-6-9(20)18-3(11(21)22)1-2-24-10(6)18/h1,6,10,23H,2H2,(H2,14,16)(H,15,19)(H,21,22)/b17-5-/t6-,10+/m1/s1. The van der Waals surface area contributed by atoms with Gasteiger partial charge in [-0.3, -0.25) is 14.5 Å². The zero-order valence-corrected chi connectivity index (χ0v) is 14.6. The number of amides is 2. The molecule has 10 nitrogen and oxygen atoms in total. The van der Waals surface area contributed by atoms with E-state index in [1.165, 1.54) is 17.8 Å². The number of carbonyl (C=O) groups excluding carboxylic acids is 2. The second-order valence-corrected chi connectivity index (χ2v) is 7.68. The Labute approximate surface area is 153 Å². The Kier molecular flexibility index (Phi) is 4.58. The highest BCUT2D eigenvalue weighted by Gasteiger charge is 2.53. The lowest BCUT2D eigenvalue weighted by Crippen LogP contribution is -2.70. The van der Waals surface area contributed by atoms with E-state index >= 15 is 0 Å². The van der Waals surface area contributed by atoms with Crippen molar-refractivity contribution in [2.75, 3.05) is 11.5 Å². The number of oxime groups is 1. The number of hydrogen-bond donors (Lipinski definition) is 4. The molecule has 1 aromatic rings. The molecule has 13 heteroatoms. The number of nitrogen functional groups attached to an aromatic ring is 1. The molecule has 25 heavy (non-hydrogen) atoms. The Morgan fingerprint density at radius 1 is 1.52 bits per heavy atom. The Morgan fingerprint density at radius 3 is 2.80 bits per heavy atom. The average molecular weight is 404 g/mol. The number of thiazole rings is 1. The molecule has 0 spiro atoms. The molecule has 1 fully saturated rings. The number of fused-ring (bicyclic) bond motifs is 1. The fourth-order valence-electron chi connectivity index (χ4n) is 2.41. The number of halogens is 1. The Bertz CT molecular complexity index is 838. The monoisotopic (exact) mass is 403 g/mol. The summed E-state index contributed by atoms with van der Waals surface area (Å²) in [5.41, 5.74) is 4.78. The summed E-state index contributed by atoms with van der Waals surface area (Å²) in [5, 5.41) is 23.0. The minimum absolute atomic E-state index is 0.0603. The SMILES string of the molecule is Nc1nc(/C(=N/O)C(=O)N[C@@H]2C(=O)N3C(C(=O)O)=CCS[C@@H]23)c(Cl)s1. The summed E-state index contributed by atoms with van der Waals surface area (Å²) >= 11 is 8.09. The van der Waals surface area contributed by atoms with Gasteiger partial charge in [-0.2, -0.15) is 0 Å². The highest BCUT2D eigenvalue weighted by Crippen LogP contribution is 2.37. The van der Waals surface area contributed by atoms with Crippen molar-refractivity contribution in [1.29, 1.82) is 0 Å². The third-order valence-electron chi connectivity index (χ3n) is 3.49. The summed E-state index contributed by atoms with van der Waals surface area (Å²) in [6.07, 6.45) is 1.43. The number of β-lactam (4-membered cyclic amide) rings is 1. The normalized spacial score (nSPS) is 22.8. The van der Waals surface area contributed by atoms with Crippen LogP contribution in [0.15, 0.2) is 16.9 Å². The number of aliphatic carboxylic acids is 1. The smallest absolute Gasteiger partial charge is 0.352 e. The number of nitrogens with two attached hydrogens (primary N) is 1. The van der Waals surface area contributed by atoms with E-state index < -0.39 is 34.9 Å². The van der Waals surface area contributed by atoms with Crippen LogP contribution >= 0.6 is 34.7 Å². The van der Waals surface area contributed by atoms with Gasteiger partial charge in [-0.1, -0.05) is 28.1 Å². The van der Waals surface area contributed by atoms with Crippen molar-refractivity contribution in [2.24, 2.45) is 5.16 Å². The average Bonchev–Trinajstić information content (AvgIpc) is 2.90. The Morgan fingerprint density at radius 2 is 2.24 bits per heavy atom. The molecule has 0 saturated carbocycles. The fourth-order valence-corrected chi connectivity index (χ4v) is 4.53. The van der Waals surface area contributed by atoms with E-state index in [2.05, 4.69) is 15.5 Å². The van der Waals surface area contributed by atoms with Crippen molar-refractivity contribution in [3.8, 4) is 0 Å². The lowest BCUT2D eigenvalue weighted by atomic mass is 10.0. The quantitative estimate of drug-likeness (QED) is 0.235. The van der Waals surface area contributed by atoms with Crippen molar-refractivity contribution < 1.29 is 24.7 Å². The molecular weight excluding hydrogens is 394 g/mol. The van der Waals surface area contributed by atoms with Crippen LogP contribution < -0.4 is 11.1 Å². The first-order valence-corrected chi connectivity index (χ1v) is 8.92. The van der Waals surface area contributed by atoms with Gasteiger partial charge in [-0.25, -0.2) is 9.78 Å². The van der Waals surface area contributed by atoms with Gasteiger partial charge >= 0.3 is 5.97 Å². The van der Waals surface area contributed by atoms with Gasteiger partial charge in [0.25, 0.3) is 11.8 Å². The van der Waals surface area contributed by atoms with Crippen LogP contribution in [-0.2, 0) is 14.4 Å². The summed E-state index contributed by atoms with van der Waals surface area (Å²) in [5.74, 6) is -2.27. The molecule has 0 bridgehead atoms. The molecule has 2 atom stereocenters. The molecule has 0 aliphatic carbocycles. The summed E-state index contributed by atoms with van der Waals surface area (Å²) in [4.78, 5) is 40.6. The third kappa shape index (κ3) is 2.92.